The summed E-state index contributed by atoms with van der Waals surface area (Å²) in [7, 11) is 1.68. The molecule has 2 fully saturated rings. The van der Waals surface area contributed by atoms with Gasteiger partial charge in [-0.1, -0.05) is 0 Å². The molecule has 2 atom stereocenters. The Kier molecular flexibility index (Phi) is 3.23. The molecule has 1 heterocycles. The first-order valence-corrected chi connectivity index (χ1v) is 6.30. The fraction of sp³-hybridized carbons (Fsp3) is 0.900. The highest BCUT2D eigenvalue weighted by atomic mass is 32.2. The minimum Gasteiger partial charge on any atom is -0.480 e. The zero-order valence-corrected chi connectivity index (χ0v) is 9.68. The topological polar surface area (TPSA) is 58.6 Å². The number of carboxylic acid groups (broad SMARTS) is 1. The van der Waals surface area contributed by atoms with Crippen molar-refractivity contribution in [2.24, 2.45) is 5.92 Å². The third kappa shape index (κ3) is 2.29. The van der Waals surface area contributed by atoms with E-state index in [0.717, 1.165) is 5.75 Å². The Bertz CT molecular complexity index is 253. The van der Waals surface area contributed by atoms with Gasteiger partial charge < -0.3 is 9.84 Å². The molecule has 1 aliphatic heterocycles. The first-order chi connectivity index (χ1) is 7.18. The summed E-state index contributed by atoms with van der Waals surface area (Å²) in [6.07, 6.45) is 3.09. The second-order valence-corrected chi connectivity index (χ2v) is 5.69. The standard InChI is InChI=1S/C10H17NO3S/c1-14-6-10(7-2-3-7)11-8(9(12)13)4-5-15-10/h7-8,11H,2-6H2,1H3,(H,12,13). The Morgan fingerprint density at radius 2 is 2.33 bits per heavy atom. The smallest absolute Gasteiger partial charge is 0.320 e. The fourth-order valence-corrected chi connectivity index (χ4v) is 3.77. The van der Waals surface area contributed by atoms with Crippen molar-refractivity contribution in [1.82, 2.24) is 5.32 Å². The van der Waals surface area contributed by atoms with E-state index < -0.39 is 12.0 Å². The number of rotatable bonds is 4. The van der Waals surface area contributed by atoms with E-state index in [-0.39, 0.29) is 4.87 Å². The Balaban J connectivity index is 2.06. The average molecular weight is 231 g/mol. The van der Waals surface area contributed by atoms with Crippen molar-refractivity contribution in [3.05, 3.63) is 0 Å². The Morgan fingerprint density at radius 1 is 1.60 bits per heavy atom. The second kappa shape index (κ2) is 4.31. The monoisotopic (exact) mass is 231 g/mol. The second-order valence-electron chi connectivity index (χ2n) is 4.27. The van der Waals surface area contributed by atoms with E-state index in [1.807, 2.05) is 11.8 Å². The lowest BCUT2D eigenvalue weighted by atomic mass is 10.1. The summed E-state index contributed by atoms with van der Waals surface area (Å²) in [5.74, 6) is 0.755. The molecule has 2 aliphatic rings. The van der Waals surface area contributed by atoms with Gasteiger partial charge in [0.1, 0.15) is 6.04 Å². The van der Waals surface area contributed by atoms with Crippen LogP contribution < -0.4 is 5.32 Å². The van der Waals surface area contributed by atoms with E-state index in [1.54, 1.807) is 7.11 Å². The normalized spacial score (nSPS) is 36.5. The van der Waals surface area contributed by atoms with Gasteiger partial charge >= 0.3 is 5.97 Å². The SMILES string of the molecule is COCC1(C2CC2)NC(C(=O)O)CCS1. The molecule has 0 bridgehead atoms. The first-order valence-electron chi connectivity index (χ1n) is 5.31. The molecule has 1 saturated heterocycles. The molecule has 0 aromatic carbocycles. The van der Waals surface area contributed by atoms with Gasteiger partial charge in [0.15, 0.2) is 0 Å². The van der Waals surface area contributed by atoms with Gasteiger partial charge in [0.2, 0.25) is 0 Å². The maximum Gasteiger partial charge on any atom is 0.320 e. The summed E-state index contributed by atoms with van der Waals surface area (Å²) in [4.78, 5) is 10.8. The predicted octanol–water partition coefficient (Wildman–Crippen LogP) is 0.919. The van der Waals surface area contributed by atoms with Crippen LogP contribution in [0.15, 0.2) is 0 Å². The number of hydrogen-bond donors (Lipinski definition) is 2. The number of thioether (sulfide) groups is 1. The van der Waals surface area contributed by atoms with Crippen LogP contribution in [0, 0.1) is 5.92 Å². The van der Waals surface area contributed by atoms with Crippen LogP contribution in [0.25, 0.3) is 0 Å². The van der Waals surface area contributed by atoms with Crippen molar-refractivity contribution < 1.29 is 14.6 Å². The lowest BCUT2D eigenvalue weighted by molar-refractivity contribution is -0.140. The number of ether oxygens (including phenoxy) is 1. The minimum absolute atomic E-state index is 0.143. The van der Waals surface area contributed by atoms with Crippen LogP contribution in [0.4, 0.5) is 0 Å². The molecule has 1 saturated carbocycles. The third-order valence-corrected chi connectivity index (χ3v) is 4.60. The van der Waals surface area contributed by atoms with Gasteiger partial charge in [0, 0.05) is 7.11 Å². The molecule has 0 aromatic rings. The van der Waals surface area contributed by atoms with Crippen LogP contribution in [0.2, 0.25) is 0 Å². The van der Waals surface area contributed by atoms with Crippen molar-refractivity contribution in [3.63, 3.8) is 0 Å². The van der Waals surface area contributed by atoms with E-state index in [9.17, 15) is 4.79 Å². The van der Waals surface area contributed by atoms with Gasteiger partial charge in [0.25, 0.3) is 0 Å². The van der Waals surface area contributed by atoms with E-state index in [0.29, 0.717) is 18.9 Å². The van der Waals surface area contributed by atoms with Gasteiger partial charge in [-0.3, -0.25) is 10.1 Å². The van der Waals surface area contributed by atoms with Crippen molar-refractivity contribution in [3.8, 4) is 0 Å². The van der Waals surface area contributed by atoms with Gasteiger partial charge in [0.05, 0.1) is 11.5 Å². The molecule has 0 amide bonds. The minimum atomic E-state index is -0.739. The van der Waals surface area contributed by atoms with E-state index in [4.69, 9.17) is 9.84 Å². The number of methoxy groups -OCH3 is 1. The van der Waals surface area contributed by atoms with Crippen molar-refractivity contribution in [2.45, 2.75) is 30.2 Å². The first kappa shape index (κ1) is 11.2. The molecule has 15 heavy (non-hydrogen) atoms. The molecule has 1 aliphatic carbocycles. The molecule has 86 valence electrons. The molecule has 5 heteroatoms. The largest absolute Gasteiger partial charge is 0.480 e. The average Bonchev–Trinajstić information content (AvgIpc) is 3.02. The highest BCUT2D eigenvalue weighted by molar-refractivity contribution is 8.00. The summed E-state index contributed by atoms with van der Waals surface area (Å²) in [6.45, 7) is 0.603. The van der Waals surface area contributed by atoms with Crippen LogP contribution >= 0.6 is 11.8 Å². The zero-order chi connectivity index (χ0) is 10.9. The summed E-state index contributed by atoms with van der Waals surface area (Å²) in [5, 5.41) is 12.3. The fourth-order valence-electron chi connectivity index (χ4n) is 2.15. The Morgan fingerprint density at radius 3 is 2.87 bits per heavy atom. The van der Waals surface area contributed by atoms with Gasteiger partial charge in [-0.05, 0) is 30.9 Å². The number of aliphatic carboxylic acids is 1. The van der Waals surface area contributed by atoms with Crippen LogP contribution in [-0.2, 0) is 9.53 Å². The lowest BCUT2D eigenvalue weighted by Gasteiger charge is -2.40. The highest BCUT2D eigenvalue weighted by Crippen LogP contribution is 2.48. The molecule has 2 rings (SSSR count). The van der Waals surface area contributed by atoms with Crippen LogP contribution in [0.5, 0.6) is 0 Å². The van der Waals surface area contributed by atoms with Crippen molar-refractivity contribution >= 4 is 17.7 Å². The molecular weight excluding hydrogens is 214 g/mol. The molecule has 2 unspecified atom stereocenters. The van der Waals surface area contributed by atoms with Gasteiger partial charge in [-0.15, -0.1) is 11.8 Å². The van der Waals surface area contributed by atoms with Gasteiger partial charge in [-0.2, -0.15) is 0 Å². The van der Waals surface area contributed by atoms with Crippen LogP contribution in [-0.4, -0.2) is 41.5 Å². The van der Waals surface area contributed by atoms with Crippen LogP contribution in [0.3, 0.4) is 0 Å². The summed E-state index contributed by atoms with van der Waals surface area (Å²) < 4.78 is 5.24. The molecule has 0 aromatic heterocycles. The molecule has 4 nitrogen and oxygen atoms in total. The molecule has 0 spiro atoms. The molecular formula is C10H17NO3S. The summed E-state index contributed by atoms with van der Waals surface area (Å²) >= 11 is 1.83. The number of carboxylic acids is 1. The molecule has 0 radical (unpaired) electrons. The predicted molar refractivity (Wildman–Crippen MR) is 59.0 cm³/mol. The number of hydrogen-bond acceptors (Lipinski definition) is 4. The Hall–Kier alpha value is -0.260. The van der Waals surface area contributed by atoms with E-state index in [2.05, 4.69) is 5.32 Å². The van der Waals surface area contributed by atoms with Crippen molar-refractivity contribution in [2.75, 3.05) is 19.5 Å². The maximum atomic E-state index is 11.0. The summed E-state index contributed by atoms with van der Waals surface area (Å²) in [5.41, 5.74) is 0. The number of carbonyl (C=O) groups is 1. The zero-order valence-electron chi connectivity index (χ0n) is 8.86. The molecule has 2 N–H and O–H groups in total. The maximum absolute atomic E-state index is 11.0. The quantitative estimate of drug-likeness (QED) is 0.753. The number of nitrogens with one attached hydrogen (secondary N) is 1. The van der Waals surface area contributed by atoms with Crippen molar-refractivity contribution in [1.29, 1.82) is 0 Å². The van der Waals surface area contributed by atoms with Crippen LogP contribution in [0.1, 0.15) is 19.3 Å². The third-order valence-electron chi connectivity index (χ3n) is 3.08. The van der Waals surface area contributed by atoms with E-state index in [1.165, 1.54) is 12.8 Å². The highest BCUT2D eigenvalue weighted by Gasteiger charge is 2.49. The Labute approximate surface area is 93.8 Å². The lowest BCUT2D eigenvalue weighted by Crippen LogP contribution is -2.58. The van der Waals surface area contributed by atoms with Gasteiger partial charge in [-0.25, -0.2) is 0 Å². The van der Waals surface area contributed by atoms with E-state index >= 15 is 0 Å². The summed E-state index contributed by atoms with van der Waals surface area (Å²) in [6, 6.07) is -0.401.